The van der Waals surface area contributed by atoms with Crippen LogP contribution >= 0.6 is 27.3 Å². The first-order chi connectivity index (χ1) is 9.24. The fourth-order valence-electron chi connectivity index (χ4n) is 2.13. The third-order valence-corrected chi connectivity index (χ3v) is 4.67. The molecule has 0 aliphatic rings. The zero-order chi connectivity index (χ0) is 13.2. The number of nitrogens with one attached hydrogen (secondary N) is 1. The molecule has 0 fully saturated rings. The molecular weight excluding hydrogens is 322 g/mol. The van der Waals surface area contributed by atoms with Gasteiger partial charge in [0.15, 0.2) is 0 Å². The van der Waals surface area contributed by atoms with E-state index in [1.807, 2.05) is 18.2 Å². The summed E-state index contributed by atoms with van der Waals surface area (Å²) in [5.74, 6) is 0. The minimum absolute atomic E-state index is 0.826. The lowest BCUT2D eigenvalue weighted by molar-refractivity contribution is 0.678. The van der Waals surface area contributed by atoms with Crippen LogP contribution in [0.2, 0.25) is 0 Å². The van der Waals surface area contributed by atoms with E-state index in [0.29, 0.717) is 0 Å². The highest BCUT2D eigenvalue weighted by Gasteiger charge is 2.07. The van der Waals surface area contributed by atoms with Crippen LogP contribution in [0, 0.1) is 6.92 Å². The molecule has 98 valence electrons. The second-order valence-corrected chi connectivity index (χ2v) is 6.93. The molecule has 3 nitrogen and oxygen atoms in total. The molecule has 3 rings (SSSR count). The minimum atomic E-state index is 0.826. The zero-order valence-corrected chi connectivity index (χ0v) is 13.0. The van der Waals surface area contributed by atoms with Gasteiger partial charge in [-0.05, 0) is 47.1 Å². The van der Waals surface area contributed by atoms with Crippen LogP contribution in [0.5, 0.6) is 0 Å². The Balaban J connectivity index is 1.73. The molecular formula is C14H14BrN3S. The fraction of sp³-hybridized carbons (Fsp3) is 0.214. The van der Waals surface area contributed by atoms with Crippen molar-refractivity contribution < 1.29 is 0 Å². The van der Waals surface area contributed by atoms with Gasteiger partial charge in [-0.1, -0.05) is 6.07 Å². The van der Waals surface area contributed by atoms with Crippen molar-refractivity contribution in [1.82, 2.24) is 14.7 Å². The van der Waals surface area contributed by atoms with Gasteiger partial charge in [0.05, 0.1) is 15.2 Å². The van der Waals surface area contributed by atoms with Crippen LogP contribution in [-0.4, -0.2) is 9.38 Å². The average Bonchev–Trinajstić information content (AvgIpc) is 2.94. The molecule has 0 unspecified atom stereocenters. The molecule has 0 aromatic carbocycles. The molecule has 0 bridgehead atoms. The van der Waals surface area contributed by atoms with Gasteiger partial charge < -0.3 is 9.72 Å². The number of aryl methyl sites for hydroxylation is 1. The van der Waals surface area contributed by atoms with Gasteiger partial charge in [0.25, 0.3) is 0 Å². The topological polar surface area (TPSA) is 29.3 Å². The first-order valence-electron chi connectivity index (χ1n) is 6.11. The molecule has 3 heterocycles. The van der Waals surface area contributed by atoms with Crippen molar-refractivity contribution in [3.63, 3.8) is 0 Å². The van der Waals surface area contributed by atoms with Gasteiger partial charge in [-0.25, -0.2) is 4.98 Å². The van der Waals surface area contributed by atoms with Crippen molar-refractivity contribution in [2.75, 3.05) is 0 Å². The molecule has 0 saturated heterocycles. The fourth-order valence-corrected chi connectivity index (χ4v) is 3.58. The Labute approximate surface area is 124 Å². The SMILES string of the molecule is Cc1nc2ccccn2c1CNCc1ccc(Br)s1. The molecule has 0 radical (unpaired) electrons. The summed E-state index contributed by atoms with van der Waals surface area (Å²) in [6, 6.07) is 10.3. The maximum absolute atomic E-state index is 4.56. The van der Waals surface area contributed by atoms with Crippen molar-refractivity contribution in [2.24, 2.45) is 0 Å². The smallest absolute Gasteiger partial charge is 0.137 e. The molecule has 19 heavy (non-hydrogen) atoms. The number of fused-ring (bicyclic) bond motifs is 1. The van der Waals surface area contributed by atoms with Crippen LogP contribution in [0.1, 0.15) is 16.3 Å². The Hall–Kier alpha value is -1.17. The summed E-state index contributed by atoms with van der Waals surface area (Å²) in [7, 11) is 0. The minimum Gasteiger partial charge on any atom is -0.306 e. The second-order valence-electron chi connectivity index (χ2n) is 4.38. The lowest BCUT2D eigenvalue weighted by Gasteiger charge is -2.04. The highest BCUT2D eigenvalue weighted by Crippen LogP contribution is 2.22. The Morgan fingerprint density at radius 1 is 1.26 bits per heavy atom. The third-order valence-electron chi connectivity index (χ3n) is 3.05. The maximum Gasteiger partial charge on any atom is 0.137 e. The second kappa shape index (κ2) is 5.45. The zero-order valence-electron chi connectivity index (χ0n) is 10.6. The van der Waals surface area contributed by atoms with Crippen LogP contribution in [0.15, 0.2) is 40.3 Å². The van der Waals surface area contributed by atoms with Gasteiger partial charge in [-0.2, -0.15) is 0 Å². The first kappa shape index (κ1) is 12.8. The van der Waals surface area contributed by atoms with Gasteiger partial charge in [-0.15, -0.1) is 11.3 Å². The number of thiophene rings is 1. The number of imidazole rings is 1. The van der Waals surface area contributed by atoms with Crippen LogP contribution in [0.4, 0.5) is 0 Å². The summed E-state index contributed by atoms with van der Waals surface area (Å²) in [6.45, 7) is 3.77. The highest BCUT2D eigenvalue weighted by molar-refractivity contribution is 9.11. The lowest BCUT2D eigenvalue weighted by Crippen LogP contribution is -2.14. The summed E-state index contributed by atoms with van der Waals surface area (Å²) < 4.78 is 3.32. The van der Waals surface area contributed by atoms with E-state index in [2.05, 4.69) is 55.9 Å². The van der Waals surface area contributed by atoms with E-state index in [9.17, 15) is 0 Å². The van der Waals surface area contributed by atoms with E-state index in [4.69, 9.17) is 0 Å². The van der Waals surface area contributed by atoms with Crippen molar-refractivity contribution in [1.29, 1.82) is 0 Å². The Morgan fingerprint density at radius 3 is 2.95 bits per heavy atom. The van der Waals surface area contributed by atoms with E-state index < -0.39 is 0 Å². The third kappa shape index (κ3) is 2.73. The van der Waals surface area contributed by atoms with Crippen LogP contribution in [0.25, 0.3) is 5.65 Å². The Bertz CT molecular complexity index is 702. The summed E-state index contributed by atoms with van der Waals surface area (Å²) in [4.78, 5) is 5.89. The molecule has 5 heteroatoms. The Kier molecular flexibility index (Phi) is 3.68. The lowest BCUT2D eigenvalue weighted by atomic mass is 10.3. The molecule has 0 saturated carbocycles. The Morgan fingerprint density at radius 2 is 2.16 bits per heavy atom. The monoisotopic (exact) mass is 335 g/mol. The van der Waals surface area contributed by atoms with Crippen molar-refractivity contribution in [3.8, 4) is 0 Å². The highest BCUT2D eigenvalue weighted by atomic mass is 79.9. The molecule has 0 aliphatic carbocycles. The first-order valence-corrected chi connectivity index (χ1v) is 7.72. The largest absolute Gasteiger partial charge is 0.306 e. The van der Waals surface area contributed by atoms with Crippen molar-refractivity contribution in [3.05, 3.63) is 56.6 Å². The quantitative estimate of drug-likeness (QED) is 0.786. The average molecular weight is 336 g/mol. The molecule has 0 atom stereocenters. The number of nitrogens with zero attached hydrogens (tertiary/aromatic N) is 2. The van der Waals surface area contributed by atoms with Crippen molar-refractivity contribution >= 4 is 32.9 Å². The molecule has 1 N–H and O–H groups in total. The summed E-state index contributed by atoms with van der Waals surface area (Å²) in [5.41, 5.74) is 3.33. The number of hydrogen-bond acceptors (Lipinski definition) is 3. The molecule has 0 aliphatic heterocycles. The molecule has 0 spiro atoms. The normalized spacial score (nSPS) is 11.3. The number of pyridine rings is 1. The van der Waals surface area contributed by atoms with Gasteiger partial charge in [0.1, 0.15) is 5.65 Å². The van der Waals surface area contributed by atoms with E-state index in [-0.39, 0.29) is 0 Å². The van der Waals surface area contributed by atoms with Crippen molar-refractivity contribution in [2.45, 2.75) is 20.0 Å². The van der Waals surface area contributed by atoms with Crippen LogP contribution in [0.3, 0.4) is 0 Å². The molecule has 0 amide bonds. The van der Waals surface area contributed by atoms with Gasteiger partial charge in [0, 0.05) is 24.2 Å². The summed E-state index contributed by atoms with van der Waals surface area (Å²) in [6.07, 6.45) is 2.06. The molecule has 3 aromatic rings. The van der Waals surface area contributed by atoms with E-state index in [1.165, 1.54) is 14.4 Å². The van der Waals surface area contributed by atoms with Gasteiger partial charge in [-0.3, -0.25) is 0 Å². The predicted octanol–water partition coefficient (Wildman–Crippen LogP) is 3.76. The van der Waals surface area contributed by atoms with Gasteiger partial charge >= 0.3 is 0 Å². The predicted molar refractivity (Wildman–Crippen MR) is 82.5 cm³/mol. The maximum atomic E-state index is 4.56. The number of hydrogen-bond donors (Lipinski definition) is 1. The standard InChI is InChI=1S/C14H14BrN3S/c1-10-12(18-7-3-2-4-14(18)17-10)9-16-8-11-5-6-13(15)19-11/h2-7,16H,8-9H2,1H3. The van der Waals surface area contributed by atoms with E-state index >= 15 is 0 Å². The number of halogens is 1. The summed E-state index contributed by atoms with van der Waals surface area (Å²) in [5, 5.41) is 3.48. The summed E-state index contributed by atoms with van der Waals surface area (Å²) >= 11 is 5.25. The van der Waals surface area contributed by atoms with E-state index in [1.54, 1.807) is 11.3 Å². The molecule has 3 aromatic heterocycles. The number of rotatable bonds is 4. The van der Waals surface area contributed by atoms with Gasteiger partial charge in [0.2, 0.25) is 0 Å². The van der Waals surface area contributed by atoms with Crippen LogP contribution < -0.4 is 5.32 Å². The number of aromatic nitrogens is 2. The van der Waals surface area contributed by atoms with E-state index in [0.717, 1.165) is 24.4 Å². The van der Waals surface area contributed by atoms with Crippen LogP contribution in [-0.2, 0) is 13.1 Å².